The zero-order valence-electron chi connectivity index (χ0n) is 16.3. The van der Waals surface area contributed by atoms with Gasteiger partial charge >= 0.3 is 0 Å². The summed E-state index contributed by atoms with van der Waals surface area (Å²) >= 11 is 5.89. The van der Waals surface area contributed by atoms with E-state index in [0.29, 0.717) is 22.2 Å². The Kier molecular flexibility index (Phi) is 5.02. The molecule has 0 amide bonds. The van der Waals surface area contributed by atoms with Gasteiger partial charge in [-0.1, -0.05) is 11.6 Å². The number of piperidine rings is 1. The van der Waals surface area contributed by atoms with E-state index >= 15 is 0 Å². The molecule has 0 aliphatic carbocycles. The Morgan fingerprint density at radius 3 is 2.27 bits per heavy atom. The average Bonchev–Trinajstić information content (AvgIpc) is 2.53. The van der Waals surface area contributed by atoms with Crippen molar-refractivity contribution in [2.24, 2.45) is 5.92 Å². The summed E-state index contributed by atoms with van der Waals surface area (Å²) in [7, 11) is 2.23. The third-order valence-corrected chi connectivity index (χ3v) is 6.08. The smallest absolute Gasteiger partial charge is 0.126 e. The van der Waals surface area contributed by atoms with E-state index in [1.165, 1.54) is 6.07 Å². The third kappa shape index (κ3) is 3.86. The number of rotatable bonds is 3. The first-order valence-corrected chi connectivity index (χ1v) is 9.52. The number of halogens is 1. The summed E-state index contributed by atoms with van der Waals surface area (Å²) in [4.78, 5) is 2.49. The fourth-order valence-electron chi connectivity index (χ4n) is 4.35. The predicted molar refractivity (Wildman–Crippen MR) is 106 cm³/mol. The van der Waals surface area contributed by atoms with Gasteiger partial charge in [0.05, 0.1) is 11.4 Å². The fourth-order valence-corrected chi connectivity index (χ4v) is 4.52. The highest BCUT2D eigenvalue weighted by atomic mass is 35.5. The highest BCUT2D eigenvalue weighted by Gasteiger charge is 2.42. The lowest BCUT2D eigenvalue weighted by Gasteiger charge is -2.53. The van der Waals surface area contributed by atoms with Crippen LogP contribution in [-0.4, -0.2) is 38.3 Å². The van der Waals surface area contributed by atoms with Gasteiger partial charge in [-0.2, -0.15) is 10.2 Å². The van der Waals surface area contributed by atoms with Gasteiger partial charge in [-0.3, -0.25) is 4.90 Å². The molecule has 140 valence electrons. The largest absolute Gasteiger partial charge is 0.507 e. The number of likely N-dealkylation sites (tertiary alicyclic amines) is 1. The van der Waals surface area contributed by atoms with Gasteiger partial charge in [0.25, 0.3) is 0 Å². The minimum absolute atomic E-state index is 0.123. The van der Waals surface area contributed by atoms with E-state index in [-0.39, 0.29) is 16.8 Å². The number of aromatic nitrogens is 2. The number of aromatic hydroxyl groups is 1. The standard InChI is InChI=1S/C21H28ClN3O/c1-20(2)12-14(13-21(3,4)25(20)5)10-16-7-9-18(24-23-16)17-8-6-15(22)11-19(17)26/h6-9,11,14,26H,10,12-13H2,1-5H3. The third-order valence-electron chi connectivity index (χ3n) is 5.85. The van der Waals surface area contributed by atoms with E-state index in [0.717, 1.165) is 25.0 Å². The summed E-state index contributed by atoms with van der Waals surface area (Å²) in [5.41, 5.74) is 2.66. The maximum absolute atomic E-state index is 10.1. The lowest BCUT2D eigenvalue weighted by Crippen LogP contribution is -2.58. The normalized spacial score (nSPS) is 20.2. The van der Waals surface area contributed by atoms with Gasteiger partial charge in [0.2, 0.25) is 0 Å². The second-order valence-electron chi connectivity index (χ2n) is 8.73. The van der Waals surface area contributed by atoms with Crippen LogP contribution in [0, 0.1) is 5.92 Å². The van der Waals surface area contributed by atoms with Gasteiger partial charge in [0.15, 0.2) is 0 Å². The molecule has 0 unspecified atom stereocenters. The molecule has 1 aromatic carbocycles. The second kappa shape index (κ2) is 6.82. The molecule has 1 aromatic heterocycles. The van der Waals surface area contributed by atoms with Crippen LogP contribution in [0.25, 0.3) is 11.3 Å². The van der Waals surface area contributed by atoms with Crippen LogP contribution < -0.4 is 0 Å². The molecule has 1 saturated heterocycles. The molecule has 2 heterocycles. The van der Waals surface area contributed by atoms with Gasteiger partial charge < -0.3 is 5.11 Å². The van der Waals surface area contributed by atoms with E-state index < -0.39 is 0 Å². The van der Waals surface area contributed by atoms with Gasteiger partial charge in [-0.25, -0.2) is 0 Å². The van der Waals surface area contributed by atoms with Gasteiger partial charge in [0.1, 0.15) is 5.75 Å². The van der Waals surface area contributed by atoms with Crippen molar-refractivity contribution in [1.29, 1.82) is 0 Å². The average molecular weight is 374 g/mol. The Bertz CT molecular complexity index is 768. The number of phenols is 1. The van der Waals surface area contributed by atoms with Crippen molar-refractivity contribution in [1.82, 2.24) is 15.1 Å². The zero-order chi connectivity index (χ0) is 19.1. The summed E-state index contributed by atoms with van der Waals surface area (Å²) in [6, 6.07) is 8.98. The van der Waals surface area contributed by atoms with Crippen LogP contribution in [0.3, 0.4) is 0 Å². The molecule has 0 spiro atoms. The van der Waals surface area contributed by atoms with E-state index in [2.05, 4.69) is 49.8 Å². The highest BCUT2D eigenvalue weighted by Crippen LogP contribution is 2.41. The maximum Gasteiger partial charge on any atom is 0.126 e. The number of hydrogen-bond donors (Lipinski definition) is 1. The number of benzene rings is 1. The van der Waals surface area contributed by atoms with Crippen molar-refractivity contribution in [3.63, 3.8) is 0 Å². The number of phenolic OH excluding ortho intramolecular Hbond substituents is 1. The Hall–Kier alpha value is -1.65. The van der Waals surface area contributed by atoms with E-state index in [4.69, 9.17) is 11.6 Å². The van der Waals surface area contributed by atoms with Crippen LogP contribution >= 0.6 is 11.6 Å². The van der Waals surface area contributed by atoms with Crippen molar-refractivity contribution in [2.75, 3.05) is 7.05 Å². The van der Waals surface area contributed by atoms with E-state index in [1.807, 2.05) is 12.1 Å². The molecular weight excluding hydrogens is 346 g/mol. The van der Waals surface area contributed by atoms with Crippen molar-refractivity contribution in [3.05, 3.63) is 41.0 Å². The molecule has 0 radical (unpaired) electrons. The van der Waals surface area contributed by atoms with Crippen molar-refractivity contribution >= 4 is 11.6 Å². The first-order chi connectivity index (χ1) is 12.1. The molecular formula is C21H28ClN3O. The lowest BCUT2D eigenvalue weighted by molar-refractivity contribution is -0.0299. The molecule has 5 heteroatoms. The van der Waals surface area contributed by atoms with Crippen molar-refractivity contribution in [3.8, 4) is 17.0 Å². The van der Waals surface area contributed by atoms with Crippen LogP contribution in [0.15, 0.2) is 30.3 Å². The molecule has 0 bridgehead atoms. The molecule has 3 rings (SSSR count). The Morgan fingerprint density at radius 1 is 1.08 bits per heavy atom. The molecule has 26 heavy (non-hydrogen) atoms. The van der Waals surface area contributed by atoms with Crippen LogP contribution in [0.2, 0.25) is 5.02 Å². The predicted octanol–water partition coefficient (Wildman–Crippen LogP) is 4.94. The van der Waals surface area contributed by atoms with E-state index in [1.54, 1.807) is 12.1 Å². The SMILES string of the molecule is CN1C(C)(C)CC(Cc2ccc(-c3ccc(Cl)cc3O)nn2)CC1(C)C. The lowest BCUT2D eigenvalue weighted by atomic mass is 9.72. The minimum atomic E-state index is 0.123. The highest BCUT2D eigenvalue weighted by molar-refractivity contribution is 6.30. The van der Waals surface area contributed by atoms with Crippen molar-refractivity contribution in [2.45, 2.75) is 58.0 Å². The molecule has 0 atom stereocenters. The summed E-state index contributed by atoms with van der Waals surface area (Å²) in [5, 5.41) is 19.3. The van der Waals surface area contributed by atoms with Crippen LogP contribution in [0.4, 0.5) is 0 Å². The summed E-state index contributed by atoms with van der Waals surface area (Å²) in [6.45, 7) is 9.27. The zero-order valence-corrected chi connectivity index (χ0v) is 17.0. The molecule has 1 aliphatic heterocycles. The monoisotopic (exact) mass is 373 g/mol. The molecule has 2 aromatic rings. The quantitative estimate of drug-likeness (QED) is 0.827. The number of hydrogen-bond acceptors (Lipinski definition) is 4. The first-order valence-electron chi connectivity index (χ1n) is 9.14. The number of nitrogens with zero attached hydrogens (tertiary/aromatic N) is 3. The molecule has 1 N–H and O–H groups in total. The first kappa shape index (κ1) is 19.1. The molecule has 1 aliphatic rings. The fraction of sp³-hybridized carbons (Fsp3) is 0.524. The van der Waals surface area contributed by atoms with E-state index in [9.17, 15) is 5.11 Å². The Balaban J connectivity index is 1.75. The Morgan fingerprint density at radius 2 is 1.73 bits per heavy atom. The minimum Gasteiger partial charge on any atom is -0.507 e. The molecule has 4 nitrogen and oxygen atoms in total. The van der Waals surface area contributed by atoms with Crippen LogP contribution in [-0.2, 0) is 6.42 Å². The maximum atomic E-state index is 10.1. The van der Waals surface area contributed by atoms with Gasteiger partial charge in [-0.05, 0) is 90.3 Å². The molecule has 0 saturated carbocycles. The van der Waals surface area contributed by atoms with Crippen LogP contribution in [0.5, 0.6) is 5.75 Å². The van der Waals surface area contributed by atoms with Gasteiger partial charge in [0, 0.05) is 21.7 Å². The summed E-state index contributed by atoms with van der Waals surface area (Å²) < 4.78 is 0. The second-order valence-corrected chi connectivity index (χ2v) is 9.17. The van der Waals surface area contributed by atoms with Gasteiger partial charge in [-0.15, -0.1) is 0 Å². The Labute approximate surface area is 161 Å². The summed E-state index contributed by atoms with van der Waals surface area (Å²) in [5.74, 6) is 0.707. The van der Waals surface area contributed by atoms with Crippen molar-refractivity contribution < 1.29 is 5.11 Å². The summed E-state index contributed by atoms with van der Waals surface area (Å²) in [6.07, 6.45) is 3.23. The molecule has 1 fully saturated rings. The topological polar surface area (TPSA) is 49.2 Å². The van der Waals surface area contributed by atoms with Crippen LogP contribution in [0.1, 0.15) is 46.2 Å².